The zero-order chi connectivity index (χ0) is 14.0. The number of amides is 1. The van der Waals surface area contributed by atoms with Crippen LogP contribution in [0.2, 0.25) is 0 Å². The zero-order valence-corrected chi connectivity index (χ0v) is 10.7. The molecule has 1 unspecified atom stereocenters. The van der Waals surface area contributed by atoms with E-state index in [-0.39, 0.29) is 26.2 Å². The van der Waals surface area contributed by atoms with Crippen LogP contribution in [-0.2, 0) is 14.3 Å². The van der Waals surface area contributed by atoms with E-state index < -0.39 is 18.0 Å². The molecule has 7 nitrogen and oxygen atoms in total. The molecule has 0 heterocycles. The van der Waals surface area contributed by atoms with Gasteiger partial charge in [0.2, 0.25) is 5.91 Å². The van der Waals surface area contributed by atoms with E-state index in [1.165, 1.54) is 4.90 Å². The van der Waals surface area contributed by atoms with Gasteiger partial charge in [-0.1, -0.05) is 13.3 Å². The lowest BCUT2D eigenvalue weighted by Crippen LogP contribution is -2.42. The quantitative estimate of drug-likeness (QED) is 0.413. The van der Waals surface area contributed by atoms with E-state index in [9.17, 15) is 14.7 Å². The third kappa shape index (κ3) is 10.0. The van der Waals surface area contributed by atoms with Crippen molar-refractivity contribution in [2.24, 2.45) is 5.73 Å². The molecule has 0 aromatic rings. The number of nitrogens with two attached hydrogens (primary N) is 1. The highest BCUT2D eigenvalue weighted by Crippen LogP contribution is 1.96. The molecule has 0 aromatic carbocycles. The highest BCUT2D eigenvalue weighted by atomic mass is 16.5. The Morgan fingerprint density at radius 1 is 1.39 bits per heavy atom. The second-order valence-corrected chi connectivity index (χ2v) is 4.11. The van der Waals surface area contributed by atoms with Gasteiger partial charge >= 0.3 is 5.97 Å². The molecule has 7 heteroatoms. The molecule has 0 bridgehead atoms. The summed E-state index contributed by atoms with van der Waals surface area (Å²) < 4.78 is 5.21. The number of unbranched alkanes of at least 4 members (excludes halogenated alkanes) is 1. The molecule has 4 N–H and O–H groups in total. The predicted molar refractivity (Wildman–Crippen MR) is 65.0 cm³/mol. The molecule has 106 valence electrons. The van der Waals surface area contributed by atoms with E-state index in [4.69, 9.17) is 15.6 Å². The first-order valence-electron chi connectivity index (χ1n) is 5.94. The fourth-order valence-electron chi connectivity index (χ4n) is 1.41. The molecule has 0 rings (SSSR count). The van der Waals surface area contributed by atoms with E-state index >= 15 is 0 Å². The van der Waals surface area contributed by atoms with Crippen molar-refractivity contribution in [2.45, 2.75) is 25.9 Å². The van der Waals surface area contributed by atoms with Crippen LogP contribution in [0.25, 0.3) is 0 Å². The zero-order valence-electron chi connectivity index (χ0n) is 10.7. The molecule has 0 saturated heterocycles. The third-order valence-electron chi connectivity index (χ3n) is 2.16. The number of rotatable bonds is 11. The van der Waals surface area contributed by atoms with Gasteiger partial charge in [0.15, 0.2) is 0 Å². The van der Waals surface area contributed by atoms with Gasteiger partial charge in [-0.25, -0.2) is 0 Å². The lowest BCUT2D eigenvalue weighted by molar-refractivity contribution is -0.139. The van der Waals surface area contributed by atoms with Gasteiger partial charge in [-0.2, -0.15) is 0 Å². The average Bonchev–Trinajstić information content (AvgIpc) is 2.22. The summed E-state index contributed by atoms with van der Waals surface area (Å²) in [7, 11) is 0. The Morgan fingerprint density at radius 3 is 2.56 bits per heavy atom. The molecule has 0 radical (unpaired) electrons. The number of carbonyl (C=O) groups is 2. The van der Waals surface area contributed by atoms with Gasteiger partial charge in [0.05, 0.1) is 25.8 Å². The van der Waals surface area contributed by atoms with Crippen molar-refractivity contribution < 1.29 is 24.5 Å². The fourth-order valence-corrected chi connectivity index (χ4v) is 1.41. The molecule has 18 heavy (non-hydrogen) atoms. The van der Waals surface area contributed by atoms with Gasteiger partial charge in [-0.15, -0.1) is 0 Å². The number of hydrogen-bond acceptors (Lipinski definition) is 5. The van der Waals surface area contributed by atoms with Gasteiger partial charge in [0, 0.05) is 13.2 Å². The highest BCUT2D eigenvalue weighted by molar-refractivity contribution is 5.77. The van der Waals surface area contributed by atoms with E-state index in [1.807, 2.05) is 6.92 Å². The summed E-state index contributed by atoms with van der Waals surface area (Å²) >= 11 is 0. The molecule has 1 amide bonds. The molecule has 0 aliphatic heterocycles. The number of carboxylic acid groups (broad SMARTS) is 1. The second kappa shape index (κ2) is 9.81. The Hall–Kier alpha value is -1.18. The number of nitrogens with zero attached hydrogens (tertiary/aromatic N) is 1. The summed E-state index contributed by atoms with van der Waals surface area (Å²) in [6, 6.07) is 0. The molecule has 0 aliphatic carbocycles. The Labute approximate surface area is 107 Å². The molecule has 0 spiro atoms. The Kier molecular flexibility index (Phi) is 9.17. The smallest absolute Gasteiger partial charge is 0.317 e. The van der Waals surface area contributed by atoms with Crippen molar-refractivity contribution in [2.75, 3.05) is 32.8 Å². The maximum absolute atomic E-state index is 10.7. The van der Waals surface area contributed by atoms with Gasteiger partial charge < -0.3 is 20.7 Å². The Bertz CT molecular complexity index is 244. The van der Waals surface area contributed by atoms with Crippen molar-refractivity contribution in [3.8, 4) is 0 Å². The monoisotopic (exact) mass is 262 g/mol. The van der Waals surface area contributed by atoms with Gasteiger partial charge in [0.1, 0.15) is 0 Å². The van der Waals surface area contributed by atoms with Crippen LogP contribution in [0, 0.1) is 0 Å². The van der Waals surface area contributed by atoms with Crippen LogP contribution in [0.15, 0.2) is 0 Å². The number of carboxylic acids is 1. The first-order chi connectivity index (χ1) is 8.45. The number of ether oxygens (including phenoxy) is 1. The third-order valence-corrected chi connectivity index (χ3v) is 2.16. The standard InChI is InChI=1S/C11H22N2O5/c1-2-3-4-18-8-9(14)5-13(6-10(12)15)7-11(16)17/h9,14H,2-8H2,1H3,(H2,12,15)(H,16,17). The Morgan fingerprint density at radius 2 is 2.06 bits per heavy atom. The number of aliphatic carboxylic acids is 1. The number of aliphatic hydroxyl groups excluding tert-OH is 1. The molecule has 0 fully saturated rings. The topological polar surface area (TPSA) is 113 Å². The van der Waals surface area contributed by atoms with Crippen molar-refractivity contribution in [1.82, 2.24) is 4.90 Å². The molecule has 0 saturated carbocycles. The maximum atomic E-state index is 10.7. The lowest BCUT2D eigenvalue weighted by Gasteiger charge is -2.21. The first-order valence-corrected chi connectivity index (χ1v) is 5.94. The Balaban J connectivity index is 3.97. The van der Waals surface area contributed by atoms with Crippen LogP contribution >= 0.6 is 0 Å². The summed E-state index contributed by atoms with van der Waals surface area (Å²) in [5.74, 6) is -1.70. The maximum Gasteiger partial charge on any atom is 0.317 e. The molecular formula is C11H22N2O5. The van der Waals surface area contributed by atoms with Gasteiger partial charge in [-0.05, 0) is 6.42 Å². The van der Waals surface area contributed by atoms with E-state index in [1.54, 1.807) is 0 Å². The summed E-state index contributed by atoms with van der Waals surface area (Å²) in [6.07, 6.45) is 1.08. The largest absolute Gasteiger partial charge is 0.480 e. The van der Waals surface area contributed by atoms with Gasteiger partial charge in [-0.3, -0.25) is 14.5 Å². The molecule has 0 aromatic heterocycles. The highest BCUT2D eigenvalue weighted by Gasteiger charge is 2.16. The van der Waals surface area contributed by atoms with Crippen molar-refractivity contribution in [3.05, 3.63) is 0 Å². The number of carbonyl (C=O) groups excluding carboxylic acids is 1. The van der Waals surface area contributed by atoms with Crippen LogP contribution < -0.4 is 5.73 Å². The van der Waals surface area contributed by atoms with E-state index in [2.05, 4.69) is 0 Å². The van der Waals surface area contributed by atoms with Crippen molar-refractivity contribution >= 4 is 11.9 Å². The molecule has 1 atom stereocenters. The fraction of sp³-hybridized carbons (Fsp3) is 0.818. The minimum atomic E-state index is -1.07. The minimum Gasteiger partial charge on any atom is -0.480 e. The van der Waals surface area contributed by atoms with Crippen molar-refractivity contribution in [3.63, 3.8) is 0 Å². The lowest BCUT2D eigenvalue weighted by atomic mass is 10.3. The van der Waals surface area contributed by atoms with Crippen LogP contribution in [0.4, 0.5) is 0 Å². The molecule has 0 aliphatic rings. The second-order valence-electron chi connectivity index (χ2n) is 4.11. The summed E-state index contributed by atoms with van der Waals surface area (Å²) in [4.78, 5) is 22.6. The summed E-state index contributed by atoms with van der Waals surface area (Å²) in [6.45, 7) is 2.22. The molecular weight excluding hydrogens is 240 g/mol. The van der Waals surface area contributed by atoms with Gasteiger partial charge in [0.25, 0.3) is 0 Å². The van der Waals surface area contributed by atoms with Crippen LogP contribution in [0.1, 0.15) is 19.8 Å². The van der Waals surface area contributed by atoms with Crippen LogP contribution in [-0.4, -0.2) is 65.9 Å². The number of aliphatic hydroxyl groups is 1. The normalized spacial score (nSPS) is 12.6. The number of hydrogen-bond donors (Lipinski definition) is 3. The van der Waals surface area contributed by atoms with E-state index in [0.29, 0.717) is 6.61 Å². The first kappa shape index (κ1) is 16.8. The SMILES string of the molecule is CCCCOCC(O)CN(CC(N)=O)CC(=O)O. The summed E-state index contributed by atoms with van der Waals surface area (Å²) in [5, 5.41) is 18.3. The van der Waals surface area contributed by atoms with Crippen LogP contribution in [0.5, 0.6) is 0 Å². The minimum absolute atomic E-state index is 0.0430. The van der Waals surface area contributed by atoms with Crippen molar-refractivity contribution in [1.29, 1.82) is 0 Å². The van der Waals surface area contributed by atoms with Crippen LogP contribution in [0.3, 0.4) is 0 Å². The summed E-state index contributed by atoms with van der Waals surface area (Å²) in [5.41, 5.74) is 5.00. The average molecular weight is 262 g/mol. The predicted octanol–water partition coefficient (Wildman–Crippen LogP) is -0.964. The van der Waals surface area contributed by atoms with E-state index in [0.717, 1.165) is 12.8 Å². The number of primary amides is 1.